The van der Waals surface area contributed by atoms with Gasteiger partial charge in [-0.25, -0.2) is 4.98 Å². The number of hydrogen-bond donors (Lipinski definition) is 1. The fraction of sp³-hybridized carbons (Fsp3) is 0.190. The normalized spacial score (nSPS) is 16.7. The number of halogens is 3. The number of nitrogens with zero attached hydrogens (tertiary/aromatic N) is 5. The van der Waals surface area contributed by atoms with Crippen LogP contribution in [0.1, 0.15) is 29.0 Å². The summed E-state index contributed by atoms with van der Waals surface area (Å²) in [5.74, 6) is 0.132. The van der Waals surface area contributed by atoms with E-state index in [0.29, 0.717) is 35.0 Å². The van der Waals surface area contributed by atoms with Gasteiger partial charge in [-0.15, -0.1) is 0 Å². The zero-order valence-electron chi connectivity index (χ0n) is 16.3. The van der Waals surface area contributed by atoms with Gasteiger partial charge < -0.3 is 10.6 Å². The Bertz CT molecular complexity index is 1310. The summed E-state index contributed by atoms with van der Waals surface area (Å²) in [4.78, 5) is 19.1. The van der Waals surface area contributed by atoms with Crippen molar-refractivity contribution in [2.75, 3.05) is 17.2 Å². The smallest absolute Gasteiger partial charge is 0.383 e. The van der Waals surface area contributed by atoms with Crippen molar-refractivity contribution in [3.63, 3.8) is 0 Å². The molecule has 4 heterocycles. The topological polar surface area (TPSA) is 81.4 Å². The number of nitrogens with two attached hydrogens (primary N) is 1. The fourth-order valence-corrected chi connectivity index (χ4v) is 3.88. The molecule has 1 aliphatic rings. The molecule has 0 saturated carbocycles. The van der Waals surface area contributed by atoms with Crippen molar-refractivity contribution in [2.24, 2.45) is 0 Å². The van der Waals surface area contributed by atoms with Gasteiger partial charge in [-0.1, -0.05) is 0 Å². The number of pyridine rings is 1. The van der Waals surface area contributed by atoms with Gasteiger partial charge in [-0.3, -0.25) is 13.9 Å². The van der Waals surface area contributed by atoms with Gasteiger partial charge in [0.2, 0.25) is 0 Å². The molecule has 1 atom stereocenters. The minimum atomic E-state index is -4.43. The number of nitrogen functional groups attached to an aromatic ring is 1. The van der Waals surface area contributed by atoms with E-state index in [4.69, 9.17) is 5.73 Å². The molecule has 0 spiro atoms. The summed E-state index contributed by atoms with van der Waals surface area (Å²) >= 11 is 0. The van der Waals surface area contributed by atoms with Crippen LogP contribution in [-0.2, 0) is 6.18 Å². The first-order valence-corrected chi connectivity index (χ1v) is 9.53. The van der Waals surface area contributed by atoms with E-state index < -0.39 is 11.7 Å². The summed E-state index contributed by atoms with van der Waals surface area (Å²) < 4.78 is 42.1. The Hall–Kier alpha value is -3.82. The largest absolute Gasteiger partial charge is 0.416 e. The average Bonchev–Trinajstić information content (AvgIpc) is 3.35. The van der Waals surface area contributed by atoms with E-state index in [1.165, 1.54) is 17.0 Å². The number of aromatic nitrogens is 4. The van der Waals surface area contributed by atoms with Crippen LogP contribution in [0, 0.1) is 0 Å². The van der Waals surface area contributed by atoms with E-state index in [1.54, 1.807) is 33.7 Å². The Morgan fingerprint density at radius 3 is 2.55 bits per heavy atom. The van der Waals surface area contributed by atoms with Gasteiger partial charge in [0.15, 0.2) is 0 Å². The maximum absolute atomic E-state index is 13.4. The van der Waals surface area contributed by atoms with Gasteiger partial charge >= 0.3 is 6.18 Å². The number of carbonyl (C=O) groups excluding carboxylic acids is 1. The van der Waals surface area contributed by atoms with E-state index in [-0.39, 0.29) is 11.9 Å². The zero-order chi connectivity index (χ0) is 21.9. The lowest BCUT2D eigenvalue weighted by atomic mass is 10.0. The highest BCUT2D eigenvalue weighted by Gasteiger charge is 2.35. The molecule has 0 bridgehead atoms. The summed E-state index contributed by atoms with van der Waals surface area (Å²) in [6.45, 7) is 2.20. The molecule has 1 amide bonds. The number of amides is 1. The third-order valence-corrected chi connectivity index (χ3v) is 5.46. The van der Waals surface area contributed by atoms with E-state index in [9.17, 15) is 18.0 Å². The van der Waals surface area contributed by atoms with Crippen molar-refractivity contribution in [1.82, 2.24) is 19.2 Å². The van der Waals surface area contributed by atoms with Crippen LogP contribution >= 0.6 is 0 Å². The molecule has 1 aliphatic heterocycles. The van der Waals surface area contributed by atoms with Crippen molar-refractivity contribution in [3.8, 4) is 11.1 Å². The molecule has 0 radical (unpaired) electrons. The number of hydrogen-bond acceptors (Lipinski definition) is 4. The Labute approximate surface area is 174 Å². The van der Waals surface area contributed by atoms with E-state index in [0.717, 1.165) is 17.7 Å². The maximum Gasteiger partial charge on any atom is 0.416 e. The second kappa shape index (κ2) is 6.59. The average molecular weight is 426 g/mol. The minimum Gasteiger partial charge on any atom is -0.383 e. The highest BCUT2D eigenvalue weighted by atomic mass is 19.4. The van der Waals surface area contributed by atoms with Gasteiger partial charge in [-0.2, -0.15) is 18.3 Å². The molecule has 0 fully saturated rings. The van der Waals surface area contributed by atoms with Crippen molar-refractivity contribution in [2.45, 2.75) is 19.1 Å². The molecule has 7 nitrogen and oxygen atoms in total. The lowest BCUT2D eigenvalue weighted by molar-refractivity contribution is -0.137. The molecule has 3 aromatic heterocycles. The lowest BCUT2D eigenvalue weighted by Gasteiger charge is -2.32. The van der Waals surface area contributed by atoms with Crippen LogP contribution in [-0.4, -0.2) is 31.6 Å². The molecule has 10 heteroatoms. The van der Waals surface area contributed by atoms with E-state index in [1.807, 2.05) is 13.0 Å². The van der Waals surface area contributed by atoms with Crippen LogP contribution in [0.15, 0.2) is 55.0 Å². The third-order valence-electron chi connectivity index (χ3n) is 5.46. The molecule has 4 aromatic rings. The molecule has 0 aliphatic carbocycles. The Kier molecular flexibility index (Phi) is 4.07. The molecule has 2 N–H and O–H groups in total. The molecule has 158 valence electrons. The number of imidazole rings is 1. The lowest BCUT2D eigenvalue weighted by Crippen LogP contribution is -2.42. The van der Waals surface area contributed by atoms with Crippen LogP contribution in [0.25, 0.3) is 16.8 Å². The van der Waals surface area contributed by atoms with Crippen LogP contribution in [0.5, 0.6) is 0 Å². The van der Waals surface area contributed by atoms with Gasteiger partial charge in [0.05, 0.1) is 24.0 Å². The second-order valence-electron chi connectivity index (χ2n) is 7.49. The first kappa shape index (κ1) is 19.2. The third kappa shape index (κ3) is 3.02. The summed E-state index contributed by atoms with van der Waals surface area (Å²) in [5.41, 5.74) is 7.98. The van der Waals surface area contributed by atoms with Crippen molar-refractivity contribution < 1.29 is 18.0 Å². The van der Waals surface area contributed by atoms with E-state index in [2.05, 4.69) is 10.1 Å². The molecule has 0 unspecified atom stereocenters. The van der Waals surface area contributed by atoms with Crippen molar-refractivity contribution >= 4 is 23.1 Å². The molecule has 1 aromatic carbocycles. The van der Waals surface area contributed by atoms with Gasteiger partial charge in [-0.05, 0) is 43.3 Å². The fourth-order valence-electron chi connectivity index (χ4n) is 3.88. The molecule has 5 rings (SSSR count). The summed E-state index contributed by atoms with van der Waals surface area (Å²) in [7, 11) is 0. The first-order valence-electron chi connectivity index (χ1n) is 9.53. The summed E-state index contributed by atoms with van der Waals surface area (Å²) in [6.07, 6.45) is 0.516. The predicted molar refractivity (Wildman–Crippen MR) is 109 cm³/mol. The Balaban J connectivity index is 1.57. The standard InChI is InChI=1S/C21H17F3N6O/c1-12-10-28(15-5-3-14(4-6-15)21(22,23)24)20(31)19-16(8-27-30(12)19)13-2-7-18-26-9-17(25)29(18)11-13/h2-9,11-12H,10,25H2,1H3/t12-/m0/s1. The van der Waals surface area contributed by atoms with Crippen LogP contribution < -0.4 is 10.6 Å². The van der Waals surface area contributed by atoms with Gasteiger partial charge in [0, 0.05) is 29.6 Å². The number of rotatable bonds is 2. The van der Waals surface area contributed by atoms with Crippen LogP contribution in [0.4, 0.5) is 24.7 Å². The first-order chi connectivity index (χ1) is 14.7. The van der Waals surface area contributed by atoms with Crippen LogP contribution in [0.3, 0.4) is 0 Å². The van der Waals surface area contributed by atoms with Gasteiger partial charge in [0.25, 0.3) is 5.91 Å². The van der Waals surface area contributed by atoms with Crippen molar-refractivity contribution in [3.05, 3.63) is 66.2 Å². The van der Waals surface area contributed by atoms with Gasteiger partial charge in [0.1, 0.15) is 17.2 Å². The maximum atomic E-state index is 13.4. The van der Waals surface area contributed by atoms with E-state index >= 15 is 0 Å². The molecular formula is C21H17F3N6O. The molecule has 31 heavy (non-hydrogen) atoms. The molecular weight excluding hydrogens is 409 g/mol. The highest BCUT2D eigenvalue weighted by Crippen LogP contribution is 2.35. The number of anilines is 2. The highest BCUT2D eigenvalue weighted by molar-refractivity contribution is 6.09. The zero-order valence-corrected chi connectivity index (χ0v) is 16.3. The second-order valence-corrected chi connectivity index (χ2v) is 7.49. The predicted octanol–water partition coefficient (Wildman–Crippen LogP) is 4.02. The number of benzene rings is 1. The number of alkyl halides is 3. The monoisotopic (exact) mass is 426 g/mol. The summed E-state index contributed by atoms with van der Waals surface area (Å²) in [6, 6.07) is 8.06. The Morgan fingerprint density at radius 2 is 1.84 bits per heavy atom. The van der Waals surface area contributed by atoms with Crippen LogP contribution in [0.2, 0.25) is 0 Å². The SMILES string of the molecule is C[C@H]1CN(c2ccc(C(F)(F)F)cc2)C(=O)c2c(-c3ccc4ncc(N)n4c3)cnn21. The Morgan fingerprint density at radius 1 is 1.10 bits per heavy atom. The number of fused-ring (bicyclic) bond motifs is 2. The quantitative estimate of drug-likeness (QED) is 0.525. The van der Waals surface area contributed by atoms with Crippen molar-refractivity contribution in [1.29, 1.82) is 0 Å². The summed E-state index contributed by atoms with van der Waals surface area (Å²) in [5, 5.41) is 4.39. The number of carbonyl (C=O) groups is 1. The minimum absolute atomic E-state index is 0.161. The molecule has 0 saturated heterocycles.